The molecule has 0 radical (unpaired) electrons. The van der Waals surface area contributed by atoms with Gasteiger partial charge >= 0.3 is 0 Å². The molecule has 1 aliphatic heterocycles. The van der Waals surface area contributed by atoms with Crippen LogP contribution in [0.3, 0.4) is 0 Å². The van der Waals surface area contributed by atoms with Gasteiger partial charge in [0.15, 0.2) is 0 Å². The van der Waals surface area contributed by atoms with Gasteiger partial charge in [0.25, 0.3) is 0 Å². The second-order valence-corrected chi connectivity index (χ2v) is 6.24. The number of hydrogen-bond acceptors (Lipinski definition) is 3. The first kappa shape index (κ1) is 14.5. The fourth-order valence-corrected chi connectivity index (χ4v) is 3.22. The van der Waals surface area contributed by atoms with Gasteiger partial charge in [-0.05, 0) is 32.1 Å². The molecule has 0 bridgehead atoms. The van der Waals surface area contributed by atoms with Crippen LogP contribution in [0.4, 0.5) is 0 Å². The highest BCUT2D eigenvalue weighted by atomic mass is 16.3. The summed E-state index contributed by atoms with van der Waals surface area (Å²) in [5.41, 5.74) is -0.577. The van der Waals surface area contributed by atoms with Gasteiger partial charge in [-0.15, -0.1) is 0 Å². The quantitative estimate of drug-likeness (QED) is 0.829. The molecule has 0 aromatic heterocycles. The molecule has 0 spiro atoms. The Labute approximate surface area is 115 Å². The summed E-state index contributed by atoms with van der Waals surface area (Å²) < 4.78 is 0. The minimum absolute atomic E-state index is 0.0144. The van der Waals surface area contributed by atoms with E-state index in [9.17, 15) is 14.7 Å². The first-order chi connectivity index (χ1) is 8.95. The van der Waals surface area contributed by atoms with E-state index in [4.69, 9.17) is 0 Å². The Bertz CT molecular complexity index is 358. The predicted molar refractivity (Wildman–Crippen MR) is 72.6 cm³/mol. The molecule has 0 aromatic rings. The van der Waals surface area contributed by atoms with Gasteiger partial charge in [0, 0.05) is 31.3 Å². The lowest BCUT2D eigenvalue weighted by molar-refractivity contribution is -0.142. The molecule has 2 fully saturated rings. The fourth-order valence-electron chi connectivity index (χ4n) is 3.22. The third-order valence-corrected chi connectivity index (χ3v) is 4.94. The van der Waals surface area contributed by atoms with Gasteiger partial charge in [-0.3, -0.25) is 9.59 Å². The molecule has 1 amide bonds. The second-order valence-electron chi connectivity index (χ2n) is 6.24. The van der Waals surface area contributed by atoms with E-state index in [2.05, 4.69) is 0 Å². The van der Waals surface area contributed by atoms with Crippen molar-refractivity contribution < 1.29 is 14.7 Å². The van der Waals surface area contributed by atoms with Crippen LogP contribution in [0.1, 0.15) is 52.4 Å². The number of likely N-dealkylation sites (tertiary alicyclic amines) is 1. The van der Waals surface area contributed by atoms with Crippen molar-refractivity contribution in [3.05, 3.63) is 0 Å². The summed E-state index contributed by atoms with van der Waals surface area (Å²) in [7, 11) is 0. The Balaban J connectivity index is 1.89. The first-order valence-corrected chi connectivity index (χ1v) is 7.49. The van der Waals surface area contributed by atoms with E-state index in [1.807, 2.05) is 18.7 Å². The molecule has 4 nitrogen and oxygen atoms in total. The first-order valence-electron chi connectivity index (χ1n) is 7.49. The highest BCUT2D eigenvalue weighted by molar-refractivity contribution is 5.86. The molecule has 0 unspecified atom stereocenters. The summed E-state index contributed by atoms with van der Waals surface area (Å²) in [5.74, 6) is 0.529. The molecule has 1 aliphatic carbocycles. The van der Waals surface area contributed by atoms with Crippen LogP contribution in [0.15, 0.2) is 0 Å². The number of aliphatic hydroxyl groups is 1. The molecule has 1 saturated carbocycles. The van der Waals surface area contributed by atoms with Crippen molar-refractivity contribution in [2.45, 2.75) is 58.0 Å². The summed E-state index contributed by atoms with van der Waals surface area (Å²) >= 11 is 0. The van der Waals surface area contributed by atoms with Crippen molar-refractivity contribution in [1.82, 2.24) is 4.90 Å². The standard InChI is InChI=1S/C15H25NO3/c1-3-15(19)6-8-16(9-7-15)14(18)12-4-5-13(17)11(2)10-12/h11-12,19H,3-10H2,1-2H3/t11-,12+/m1/s1. The lowest BCUT2D eigenvalue weighted by atomic mass is 9.80. The molecule has 108 valence electrons. The number of ketones is 1. The monoisotopic (exact) mass is 267 g/mol. The van der Waals surface area contributed by atoms with Crippen LogP contribution in [0.2, 0.25) is 0 Å². The molecule has 1 N–H and O–H groups in total. The SMILES string of the molecule is CCC1(O)CCN(C(=O)[C@H]2CCC(=O)[C@H](C)C2)CC1. The molecule has 2 atom stereocenters. The lowest BCUT2D eigenvalue weighted by Crippen LogP contribution is -2.48. The number of amides is 1. The van der Waals surface area contributed by atoms with Crippen molar-refractivity contribution in [1.29, 1.82) is 0 Å². The zero-order valence-corrected chi connectivity index (χ0v) is 12.0. The predicted octanol–water partition coefficient (Wildman–Crippen LogP) is 1.76. The summed E-state index contributed by atoms with van der Waals surface area (Å²) in [6.45, 7) is 5.23. The Hall–Kier alpha value is -0.900. The van der Waals surface area contributed by atoms with Crippen LogP contribution in [0.25, 0.3) is 0 Å². The molecule has 1 saturated heterocycles. The van der Waals surface area contributed by atoms with Crippen LogP contribution >= 0.6 is 0 Å². The molecule has 19 heavy (non-hydrogen) atoms. The maximum Gasteiger partial charge on any atom is 0.225 e. The summed E-state index contributed by atoms with van der Waals surface area (Å²) in [6, 6.07) is 0. The fraction of sp³-hybridized carbons (Fsp3) is 0.867. The second kappa shape index (κ2) is 5.61. The smallest absolute Gasteiger partial charge is 0.225 e. The zero-order valence-electron chi connectivity index (χ0n) is 12.0. The number of piperidine rings is 1. The van der Waals surface area contributed by atoms with Gasteiger partial charge in [0.1, 0.15) is 5.78 Å². The van der Waals surface area contributed by atoms with Crippen LogP contribution in [0.5, 0.6) is 0 Å². The maximum absolute atomic E-state index is 12.4. The maximum atomic E-state index is 12.4. The average Bonchev–Trinajstić information content (AvgIpc) is 2.42. The van der Waals surface area contributed by atoms with Gasteiger partial charge < -0.3 is 10.0 Å². The number of carbonyl (C=O) groups is 2. The van der Waals surface area contributed by atoms with E-state index in [0.717, 1.165) is 6.42 Å². The summed E-state index contributed by atoms with van der Waals surface area (Å²) in [5, 5.41) is 10.2. The molecule has 1 heterocycles. The number of carbonyl (C=O) groups excluding carboxylic acids is 2. The number of Topliss-reactive ketones (excluding diaryl/α,β-unsaturated/α-hetero) is 1. The average molecular weight is 267 g/mol. The Morgan fingerprint density at radius 2 is 2.05 bits per heavy atom. The highest BCUT2D eigenvalue weighted by Gasteiger charge is 2.36. The Morgan fingerprint density at radius 3 is 2.58 bits per heavy atom. The summed E-state index contributed by atoms with van der Waals surface area (Å²) in [6.07, 6.45) is 4.06. The van der Waals surface area contributed by atoms with Crippen molar-refractivity contribution in [2.75, 3.05) is 13.1 Å². The molecule has 2 aliphatic rings. The minimum atomic E-state index is -0.577. The van der Waals surface area contributed by atoms with Gasteiger partial charge in [0.05, 0.1) is 5.60 Å². The summed E-state index contributed by atoms with van der Waals surface area (Å²) in [4.78, 5) is 25.8. The van der Waals surface area contributed by atoms with Crippen molar-refractivity contribution in [3.8, 4) is 0 Å². The normalized spacial score (nSPS) is 31.3. The largest absolute Gasteiger partial charge is 0.390 e. The van der Waals surface area contributed by atoms with E-state index in [0.29, 0.717) is 51.0 Å². The van der Waals surface area contributed by atoms with Gasteiger partial charge in [0.2, 0.25) is 5.91 Å². The van der Waals surface area contributed by atoms with E-state index in [1.165, 1.54) is 0 Å². The van der Waals surface area contributed by atoms with Crippen LogP contribution in [0, 0.1) is 11.8 Å². The zero-order chi connectivity index (χ0) is 14.0. The third kappa shape index (κ3) is 3.16. The minimum Gasteiger partial charge on any atom is -0.390 e. The molecular formula is C15H25NO3. The van der Waals surface area contributed by atoms with E-state index >= 15 is 0 Å². The van der Waals surface area contributed by atoms with E-state index in [-0.39, 0.29) is 17.7 Å². The number of nitrogens with zero attached hydrogens (tertiary/aromatic N) is 1. The van der Waals surface area contributed by atoms with Crippen LogP contribution in [-0.4, -0.2) is 40.4 Å². The van der Waals surface area contributed by atoms with E-state index in [1.54, 1.807) is 0 Å². The van der Waals surface area contributed by atoms with Crippen molar-refractivity contribution >= 4 is 11.7 Å². The van der Waals surface area contributed by atoms with E-state index < -0.39 is 5.60 Å². The molecule has 0 aromatic carbocycles. The van der Waals surface area contributed by atoms with Gasteiger partial charge in [-0.2, -0.15) is 0 Å². The van der Waals surface area contributed by atoms with Crippen LogP contribution < -0.4 is 0 Å². The Kier molecular flexibility index (Phi) is 4.29. The van der Waals surface area contributed by atoms with Gasteiger partial charge in [-0.1, -0.05) is 13.8 Å². The number of rotatable bonds is 2. The number of hydrogen-bond donors (Lipinski definition) is 1. The van der Waals surface area contributed by atoms with Crippen molar-refractivity contribution in [2.24, 2.45) is 11.8 Å². The molecule has 2 rings (SSSR count). The van der Waals surface area contributed by atoms with Crippen molar-refractivity contribution in [3.63, 3.8) is 0 Å². The van der Waals surface area contributed by atoms with Gasteiger partial charge in [-0.25, -0.2) is 0 Å². The molecular weight excluding hydrogens is 242 g/mol. The van der Waals surface area contributed by atoms with Crippen LogP contribution in [-0.2, 0) is 9.59 Å². The Morgan fingerprint density at radius 1 is 1.42 bits per heavy atom. The highest BCUT2D eigenvalue weighted by Crippen LogP contribution is 2.31. The molecule has 4 heteroatoms. The lowest BCUT2D eigenvalue weighted by Gasteiger charge is -2.39. The third-order valence-electron chi connectivity index (χ3n) is 4.94. The topological polar surface area (TPSA) is 57.6 Å².